The molecule has 6 heteroatoms. The summed E-state index contributed by atoms with van der Waals surface area (Å²) >= 11 is 5.11. The van der Waals surface area contributed by atoms with Crippen LogP contribution in [0, 0.1) is 21.4 Å². The van der Waals surface area contributed by atoms with Crippen LogP contribution in [0.2, 0.25) is 0 Å². The fourth-order valence-electron chi connectivity index (χ4n) is 1.82. The molecule has 0 bridgehead atoms. The molecule has 0 radical (unpaired) electrons. The maximum atomic E-state index is 9.30. The minimum absolute atomic E-state index is 0.118. The second-order valence-corrected chi connectivity index (χ2v) is 4.24. The van der Waals surface area contributed by atoms with E-state index in [0.717, 1.165) is 6.21 Å². The van der Waals surface area contributed by atoms with E-state index in [1.807, 2.05) is 6.07 Å². The lowest BCUT2D eigenvalue weighted by atomic mass is 9.97. The molecule has 2 aromatic rings. The van der Waals surface area contributed by atoms with Crippen LogP contribution in [0.1, 0.15) is 11.1 Å². The molecule has 19 heavy (non-hydrogen) atoms. The summed E-state index contributed by atoms with van der Waals surface area (Å²) in [6.45, 7) is 0. The fraction of sp³-hybridized carbons (Fsp3) is 0. The number of phenolic OH excluding ortho intramolecular Hbond substituents is 1. The summed E-state index contributed by atoms with van der Waals surface area (Å²) in [7, 11) is 0. The number of rotatable bonds is 2. The number of aromatic hydroxyl groups is 1. The number of nitrogens with zero attached hydrogens (tertiary/aromatic N) is 1. The number of nitriles is 1. The molecular weight excluding hydrogens is 260 g/mol. The molecule has 1 heterocycles. The van der Waals surface area contributed by atoms with E-state index in [1.165, 1.54) is 12.1 Å². The maximum absolute atomic E-state index is 9.30. The molecule has 0 amide bonds. The summed E-state index contributed by atoms with van der Waals surface area (Å²) in [6, 6.07) is 8.30. The number of nitrogens with two attached hydrogens (primary N) is 1. The lowest BCUT2D eigenvalue weighted by Crippen LogP contribution is -2.02. The van der Waals surface area contributed by atoms with Crippen LogP contribution in [-0.4, -0.2) is 16.3 Å². The van der Waals surface area contributed by atoms with E-state index in [0.29, 0.717) is 21.3 Å². The standard InChI is InChI=1S/C13H10N4OS/c14-5-9-11(7-1-3-8(18)4-2-7)10(6-15)13(19)17-12(9)16/h1-4,6,15,18H,(H3,16,17,19). The molecule has 0 unspecified atom stereocenters. The van der Waals surface area contributed by atoms with Crippen LogP contribution in [0.4, 0.5) is 5.82 Å². The van der Waals surface area contributed by atoms with Gasteiger partial charge in [-0.05, 0) is 17.7 Å². The Morgan fingerprint density at radius 2 is 2.00 bits per heavy atom. The number of anilines is 1. The van der Waals surface area contributed by atoms with Crippen molar-refractivity contribution >= 4 is 24.3 Å². The molecule has 5 nitrogen and oxygen atoms in total. The molecule has 0 atom stereocenters. The number of nitrogen functional groups attached to an aromatic ring is 1. The zero-order valence-electron chi connectivity index (χ0n) is 9.77. The molecule has 5 N–H and O–H groups in total. The summed E-state index contributed by atoms with van der Waals surface area (Å²) in [6.07, 6.45) is 1.08. The van der Waals surface area contributed by atoms with Crippen molar-refractivity contribution in [3.8, 4) is 22.9 Å². The van der Waals surface area contributed by atoms with Crippen molar-refractivity contribution in [2.75, 3.05) is 5.73 Å². The van der Waals surface area contributed by atoms with E-state index in [9.17, 15) is 10.4 Å². The zero-order chi connectivity index (χ0) is 14.0. The van der Waals surface area contributed by atoms with E-state index in [-0.39, 0.29) is 17.1 Å². The number of hydrogen-bond acceptors (Lipinski definition) is 5. The van der Waals surface area contributed by atoms with Crippen molar-refractivity contribution in [2.45, 2.75) is 0 Å². The van der Waals surface area contributed by atoms with Crippen LogP contribution >= 0.6 is 12.2 Å². The first-order valence-corrected chi connectivity index (χ1v) is 5.75. The van der Waals surface area contributed by atoms with Gasteiger partial charge in [-0.1, -0.05) is 24.4 Å². The van der Waals surface area contributed by atoms with Gasteiger partial charge in [-0.2, -0.15) is 5.26 Å². The number of hydrogen-bond donors (Lipinski definition) is 4. The smallest absolute Gasteiger partial charge is 0.120 e. The van der Waals surface area contributed by atoms with Gasteiger partial charge < -0.3 is 21.2 Å². The summed E-state index contributed by atoms with van der Waals surface area (Å²) in [4.78, 5) is 2.70. The molecule has 0 saturated heterocycles. The van der Waals surface area contributed by atoms with Crippen molar-refractivity contribution in [1.29, 1.82) is 10.7 Å². The number of phenols is 1. The van der Waals surface area contributed by atoms with Gasteiger partial charge >= 0.3 is 0 Å². The predicted octanol–water partition coefficient (Wildman–Crippen LogP) is 2.57. The number of nitrogens with one attached hydrogen (secondary N) is 2. The molecule has 1 aromatic heterocycles. The van der Waals surface area contributed by atoms with Crippen LogP contribution in [0.15, 0.2) is 24.3 Å². The second kappa shape index (κ2) is 4.92. The van der Waals surface area contributed by atoms with Crippen LogP contribution < -0.4 is 5.73 Å². The first kappa shape index (κ1) is 12.8. The normalized spacial score (nSPS) is 9.84. The van der Waals surface area contributed by atoms with Crippen LogP contribution in [0.3, 0.4) is 0 Å². The Bertz CT molecular complexity index is 741. The van der Waals surface area contributed by atoms with Crippen molar-refractivity contribution in [3.63, 3.8) is 0 Å². The number of aromatic nitrogens is 1. The fourth-order valence-corrected chi connectivity index (χ4v) is 2.09. The highest BCUT2D eigenvalue weighted by Gasteiger charge is 2.15. The average Bonchev–Trinajstić information content (AvgIpc) is 2.39. The van der Waals surface area contributed by atoms with E-state index in [4.69, 9.17) is 23.4 Å². The van der Waals surface area contributed by atoms with E-state index in [2.05, 4.69) is 4.98 Å². The van der Waals surface area contributed by atoms with Gasteiger partial charge in [-0.3, -0.25) is 0 Å². The Hall–Kier alpha value is -2.65. The van der Waals surface area contributed by atoms with Gasteiger partial charge in [0.05, 0.1) is 0 Å². The third kappa shape index (κ3) is 2.19. The molecule has 0 aliphatic rings. The summed E-state index contributed by atoms with van der Waals surface area (Å²) in [5.41, 5.74) is 7.58. The van der Waals surface area contributed by atoms with Gasteiger partial charge in [0, 0.05) is 17.3 Å². The molecule has 0 fully saturated rings. The van der Waals surface area contributed by atoms with Crippen LogP contribution in [-0.2, 0) is 0 Å². The SMILES string of the molecule is N#Cc1c(N)[nH]c(=S)c(C=N)c1-c1ccc(O)cc1. The third-order valence-electron chi connectivity index (χ3n) is 2.69. The van der Waals surface area contributed by atoms with Crippen molar-refractivity contribution in [3.05, 3.63) is 40.0 Å². The van der Waals surface area contributed by atoms with Crippen molar-refractivity contribution < 1.29 is 5.11 Å². The lowest BCUT2D eigenvalue weighted by molar-refractivity contribution is 0.475. The molecule has 2 rings (SSSR count). The maximum Gasteiger partial charge on any atom is 0.120 e. The number of benzene rings is 1. The molecule has 0 aliphatic carbocycles. The molecule has 0 aliphatic heterocycles. The molecular formula is C13H10N4OS. The molecule has 1 aromatic carbocycles. The summed E-state index contributed by atoms with van der Waals surface area (Å²) < 4.78 is 0.301. The molecule has 0 spiro atoms. The highest BCUT2D eigenvalue weighted by Crippen LogP contribution is 2.30. The molecule has 94 valence electrons. The first-order chi connectivity index (χ1) is 9.08. The van der Waals surface area contributed by atoms with E-state index < -0.39 is 0 Å². The van der Waals surface area contributed by atoms with Gasteiger partial charge in [0.15, 0.2) is 0 Å². The monoisotopic (exact) mass is 270 g/mol. The lowest BCUT2D eigenvalue weighted by Gasteiger charge is -2.11. The predicted molar refractivity (Wildman–Crippen MR) is 75.7 cm³/mol. The van der Waals surface area contributed by atoms with Gasteiger partial charge in [-0.15, -0.1) is 0 Å². The summed E-state index contributed by atoms with van der Waals surface area (Å²) in [5, 5.41) is 26.0. The topological polar surface area (TPSA) is 110 Å². The Kier molecular flexibility index (Phi) is 3.31. The Morgan fingerprint density at radius 1 is 1.37 bits per heavy atom. The Morgan fingerprint density at radius 3 is 2.53 bits per heavy atom. The first-order valence-electron chi connectivity index (χ1n) is 5.34. The third-order valence-corrected chi connectivity index (χ3v) is 3.02. The Labute approximate surface area is 114 Å². The number of pyridine rings is 1. The van der Waals surface area contributed by atoms with Gasteiger partial charge in [0.2, 0.25) is 0 Å². The quantitative estimate of drug-likeness (QED) is 0.496. The minimum Gasteiger partial charge on any atom is -0.508 e. The summed E-state index contributed by atoms with van der Waals surface area (Å²) in [5.74, 6) is 0.286. The average molecular weight is 270 g/mol. The second-order valence-electron chi connectivity index (χ2n) is 3.83. The number of aromatic amines is 1. The Balaban J connectivity index is 2.88. The van der Waals surface area contributed by atoms with E-state index >= 15 is 0 Å². The van der Waals surface area contributed by atoms with Crippen LogP contribution in [0.5, 0.6) is 5.75 Å². The number of H-pyrrole nitrogens is 1. The van der Waals surface area contributed by atoms with E-state index in [1.54, 1.807) is 12.1 Å². The highest BCUT2D eigenvalue weighted by molar-refractivity contribution is 7.71. The van der Waals surface area contributed by atoms with Gasteiger partial charge in [-0.25, -0.2) is 0 Å². The minimum atomic E-state index is 0.118. The van der Waals surface area contributed by atoms with Gasteiger partial charge in [0.25, 0.3) is 0 Å². The van der Waals surface area contributed by atoms with Crippen molar-refractivity contribution in [1.82, 2.24) is 4.98 Å². The van der Waals surface area contributed by atoms with Gasteiger partial charge in [0.1, 0.15) is 27.8 Å². The molecule has 0 saturated carbocycles. The highest BCUT2D eigenvalue weighted by atomic mass is 32.1. The van der Waals surface area contributed by atoms with Crippen LogP contribution in [0.25, 0.3) is 11.1 Å². The zero-order valence-corrected chi connectivity index (χ0v) is 10.6. The largest absolute Gasteiger partial charge is 0.508 e. The van der Waals surface area contributed by atoms with Crippen molar-refractivity contribution in [2.24, 2.45) is 0 Å².